The summed E-state index contributed by atoms with van der Waals surface area (Å²) < 4.78 is 0. The molecule has 0 bridgehead atoms. The second-order valence-corrected chi connectivity index (χ2v) is 3.43. The van der Waals surface area contributed by atoms with Crippen molar-refractivity contribution in [2.45, 2.75) is 34.1 Å². The Bertz CT molecular complexity index is 121. The SMILES string of the molecule is CCNC(=O)C(C)CC(C)C. The van der Waals surface area contributed by atoms with Crippen molar-refractivity contribution in [3.05, 3.63) is 0 Å². The fourth-order valence-electron chi connectivity index (χ4n) is 1.16. The lowest BCUT2D eigenvalue weighted by molar-refractivity contribution is -0.124. The summed E-state index contributed by atoms with van der Waals surface area (Å²) in [7, 11) is 0. The van der Waals surface area contributed by atoms with E-state index in [1.165, 1.54) is 0 Å². The van der Waals surface area contributed by atoms with Gasteiger partial charge in [-0.25, -0.2) is 0 Å². The van der Waals surface area contributed by atoms with Crippen LogP contribution in [0.25, 0.3) is 0 Å². The number of hydrogen-bond acceptors (Lipinski definition) is 1. The van der Waals surface area contributed by atoms with Crippen LogP contribution in [-0.2, 0) is 4.79 Å². The Kier molecular flexibility index (Phi) is 4.92. The van der Waals surface area contributed by atoms with E-state index >= 15 is 0 Å². The van der Waals surface area contributed by atoms with Crippen LogP contribution in [0.4, 0.5) is 0 Å². The molecule has 0 saturated heterocycles. The van der Waals surface area contributed by atoms with Crippen LogP contribution in [0.5, 0.6) is 0 Å². The third kappa shape index (κ3) is 4.82. The summed E-state index contributed by atoms with van der Waals surface area (Å²) in [5.41, 5.74) is 0. The van der Waals surface area contributed by atoms with Crippen LogP contribution in [0.15, 0.2) is 0 Å². The van der Waals surface area contributed by atoms with Crippen molar-refractivity contribution in [3.8, 4) is 0 Å². The summed E-state index contributed by atoms with van der Waals surface area (Å²) in [6.07, 6.45) is 0.978. The molecule has 0 saturated carbocycles. The van der Waals surface area contributed by atoms with Crippen LogP contribution in [0.2, 0.25) is 0 Å². The largest absolute Gasteiger partial charge is 0.356 e. The van der Waals surface area contributed by atoms with Crippen molar-refractivity contribution in [1.82, 2.24) is 5.32 Å². The molecule has 0 heterocycles. The van der Waals surface area contributed by atoms with E-state index in [4.69, 9.17) is 0 Å². The molecular weight excluding hydrogens is 138 g/mol. The van der Waals surface area contributed by atoms with Crippen LogP contribution in [0.3, 0.4) is 0 Å². The summed E-state index contributed by atoms with van der Waals surface area (Å²) in [5.74, 6) is 0.948. The molecule has 0 aliphatic carbocycles. The fraction of sp³-hybridized carbons (Fsp3) is 0.889. The average Bonchev–Trinajstić information content (AvgIpc) is 1.86. The Morgan fingerprint density at radius 3 is 2.27 bits per heavy atom. The van der Waals surface area contributed by atoms with Crippen LogP contribution >= 0.6 is 0 Å². The van der Waals surface area contributed by atoms with Crippen LogP contribution in [0, 0.1) is 11.8 Å². The lowest BCUT2D eigenvalue weighted by Gasteiger charge is -2.12. The second-order valence-electron chi connectivity index (χ2n) is 3.43. The Balaban J connectivity index is 3.64. The Labute approximate surface area is 69.4 Å². The molecule has 0 aromatic rings. The number of amides is 1. The molecular formula is C9H19NO. The van der Waals surface area contributed by atoms with Gasteiger partial charge in [-0.3, -0.25) is 4.79 Å². The molecule has 0 aromatic heterocycles. The highest BCUT2D eigenvalue weighted by Gasteiger charge is 2.12. The van der Waals surface area contributed by atoms with Gasteiger partial charge in [-0.1, -0.05) is 20.8 Å². The smallest absolute Gasteiger partial charge is 0.222 e. The first-order chi connectivity index (χ1) is 5.07. The van der Waals surface area contributed by atoms with Crippen molar-refractivity contribution < 1.29 is 4.79 Å². The normalized spacial score (nSPS) is 13.2. The highest BCUT2D eigenvalue weighted by Crippen LogP contribution is 2.10. The van der Waals surface area contributed by atoms with E-state index in [1.807, 2.05) is 13.8 Å². The standard InChI is InChI=1S/C9H19NO/c1-5-10-9(11)8(4)6-7(2)3/h7-8H,5-6H2,1-4H3,(H,10,11). The second kappa shape index (κ2) is 5.16. The van der Waals surface area contributed by atoms with Crippen molar-refractivity contribution in [3.63, 3.8) is 0 Å². The van der Waals surface area contributed by atoms with E-state index in [-0.39, 0.29) is 11.8 Å². The average molecular weight is 157 g/mol. The molecule has 2 heteroatoms. The third-order valence-electron chi connectivity index (χ3n) is 1.62. The van der Waals surface area contributed by atoms with E-state index in [0.717, 1.165) is 13.0 Å². The lowest BCUT2D eigenvalue weighted by Crippen LogP contribution is -2.29. The number of rotatable bonds is 4. The van der Waals surface area contributed by atoms with Gasteiger partial charge in [0.25, 0.3) is 0 Å². The quantitative estimate of drug-likeness (QED) is 0.662. The maximum atomic E-state index is 11.2. The number of nitrogens with one attached hydrogen (secondary N) is 1. The maximum Gasteiger partial charge on any atom is 0.222 e. The molecule has 1 atom stereocenters. The van der Waals surface area contributed by atoms with Gasteiger partial charge in [0.1, 0.15) is 0 Å². The van der Waals surface area contributed by atoms with Crippen molar-refractivity contribution in [2.24, 2.45) is 11.8 Å². The van der Waals surface area contributed by atoms with E-state index < -0.39 is 0 Å². The summed E-state index contributed by atoms with van der Waals surface area (Å²) in [5, 5.41) is 2.81. The Morgan fingerprint density at radius 2 is 1.91 bits per heavy atom. The van der Waals surface area contributed by atoms with Gasteiger partial charge in [0.15, 0.2) is 0 Å². The van der Waals surface area contributed by atoms with Gasteiger partial charge in [0, 0.05) is 12.5 Å². The van der Waals surface area contributed by atoms with Crippen LogP contribution in [-0.4, -0.2) is 12.5 Å². The molecule has 0 aliphatic rings. The minimum atomic E-state index is 0.162. The topological polar surface area (TPSA) is 29.1 Å². The molecule has 11 heavy (non-hydrogen) atoms. The van der Waals surface area contributed by atoms with Gasteiger partial charge in [0.05, 0.1) is 0 Å². The minimum absolute atomic E-state index is 0.162. The molecule has 1 amide bonds. The summed E-state index contributed by atoms with van der Waals surface area (Å²) >= 11 is 0. The zero-order valence-electron chi connectivity index (χ0n) is 7.98. The first kappa shape index (κ1) is 10.5. The first-order valence-electron chi connectivity index (χ1n) is 4.35. The highest BCUT2D eigenvalue weighted by atomic mass is 16.1. The molecule has 0 spiro atoms. The molecule has 2 nitrogen and oxygen atoms in total. The van der Waals surface area contributed by atoms with Crippen LogP contribution in [0.1, 0.15) is 34.1 Å². The lowest BCUT2D eigenvalue weighted by atomic mass is 9.98. The van der Waals surface area contributed by atoms with Gasteiger partial charge in [0.2, 0.25) is 5.91 Å². The Hall–Kier alpha value is -0.530. The van der Waals surface area contributed by atoms with Gasteiger partial charge in [-0.05, 0) is 19.3 Å². The van der Waals surface area contributed by atoms with Gasteiger partial charge in [-0.2, -0.15) is 0 Å². The van der Waals surface area contributed by atoms with Crippen molar-refractivity contribution in [1.29, 1.82) is 0 Å². The summed E-state index contributed by atoms with van der Waals surface area (Å²) in [6, 6.07) is 0. The molecule has 0 radical (unpaired) electrons. The molecule has 66 valence electrons. The predicted molar refractivity (Wildman–Crippen MR) is 47.3 cm³/mol. The number of carbonyl (C=O) groups excluding carboxylic acids is 1. The van der Waals surface area contributed by atoms with Crippen molar-refractivity contribution >= 4 is 5.91 Å². The monoisotopic (exact) mass is 157 g/mol. The van der Waals surface area contributed by atoms with Gasteiger partial charge < -0.3 is 5.32 Å². The van der Waals surface area contributed by atoms with Gasteiger partial charge >= 0.3 is 0 Å². The molecule has 0 fully saturated rings. The predicted octanol–water partition coefficient (Wildman–Crippen LogP) is 1.80. The molecule has 1 unspecified atom stereocenters. The first-order valence-corrected chi connectivity index (χ1v) is 4.35. The third-order valence-corrected chi connectivity index (χ3v) is 1.62. The summed E-state index contributed by atoms with van der Waals surface area (Å²) in [4.78, 5) is 11.2. The maximum absolute atomic E-state index is 11.2. The zero-order valence-corrected chi connectivity index (χ0v) is 7.98. The van der Waals surface area contributed by atoms with E-state index in [1.54, 1.807) is 0 Å². The molecule has 0 aliphatic heterocycles. The molecule has 0 aromatic carbocycles. The molecule has 1 N–H and O–H groups in total. The number of carbonyl (C=O) groups is 1. The Morgan fingerprint density at radius 1 is 1.36 bits per heavy atom. The highest BCUT2D eigenvalue weighted by molar-refractivity contribution is 5.78. The minimum Gasteiger partial charge on any atom is -0.356 e. The molecule has 0 rings (SSSR count). The van der Waals surface area contributed by atoms with E-state index in [0.29, 0.717) is 5.92 Å². The fourth-order valence-corrected chi connectivity index (χ4v) is 1.16. The zero-order chi connectivity index (χ0) is 8.85. The number of hydrogen-bond donors (Lipinski definition) is 1. The van der Waals surface area contributed by atoms with E-state index in [9.17, 15) is 4.79 Å². The van der Waals surface area contributed by atoms with E-state index in [2.05, 4.69) is 19.2 Å². The van der Waals surface area contributed by atoms with Crippen molar-refractivity contribution in [2.75, 3.05) is 6.54 Å². The van der Waals surface area contributed by atoms with Crippen LogP contribution < -0.4 is 5.32 Å². The summed E-state index contributed by atoms with van der Waals surface area (Å²) in [6.45, 7) is 8.93. The van der Waals surface area contributed by atoms with Gasteiger partial charge in [-0.15, -0.1) is 0 Å².